The van der Waals surface area contributed by atoms with E-state index >= 15 is 0 Å². The van der Waals surface area contributed by atoms with Crippen LogP contribution in [-0.2, 0) is 0 Å². The van der Waals surface area contributed by atoms with Crippen molar-refractivity contribution in [3.63, 3.8) is 0 Å². The van der Waals surface area contributed by atoms with E-state index in [4.69, 9.17) is 5.73 Å². The fraction of sp³-hybridized carbons (Fsp3) is 0.538. The molecule has 3 nitrogen and oxygen atoms in total. The first-order valence-electron chi connectivity index (χ1n) is 6.03. The number of hydrogen-bond acceptors (Lipinski definition) is 3. The lowest BCUT2D eigenvalue weighted by atomic mass is 9.93. The van der Waals surface area contributed by atoms with Gasteiger partial charge in [-0.25, -0.2) is 0 Å². The van der Waals surface area contributed by atoms with Crippen LogP contribution in [0.2, 0.25) is 0 Å². The number of hydrogen-bond donors (Lipinski definition) is 2. The lowest BCUT2D eigenvalue weighted by molar-refractivity contribution is 0.183. The van der Waals surface area contributed by atoms with Gasteiger partial charge in [0, 0.05) is 28.8 Å². The van der Waals surface area contributed by atoms with Crippen molar-refractivity contribution in [2.45, 2.75) is 24.8 Å². The topological polar surface area (TPSA) is 49.5 Å². The van der Waals surface area contributed by atoms with E-state index in [1.54, 1.807) is 0 Å². The van der Waals surface area contributed by atoms with Gasteiger partial charge in [-0.3, -0.25) is 0 Å². The van der Waals surface area contributed by atoms with Crippen molar-refractivity contribution < 1.29 is 5.11 Å². The summed E-state index contributed by atoms with van der Waals surface area (Å²) in [4.78, 5) is 2.34. The summed E-state index contributed by atoms with van der Waals surface area (Å²) in [6, 6.07) is 8.32. The van der Waals surface area contributed by atoms with Crippen LogP contribution in [0.3, 0.4) is 0 Å². The molecule has 0 spiro atoms. The number of anilines is 1. The van der Waals surface area contributed by atoms with Crippen LogP contribution >= 0.6 is 15.9 Å². The largest absolute Gasteiger partial charge is 0.394 e. The maximum Gasteiger partial charge on any atom is 0.0611 e. The van der Waals surface area contributed by atoms with Crippen molar-refractivity contribution in [3.8, 4) is 0 Å². The van der Waals surface area contributed by atoms with E-state index in [1.807, 2.05) is 12.1 Å². The molecular weight excluding hydrogens is 280 g/mol. The zero-order valence-electron chi connectivity index (χ0n) is 9.90. The maximum absolute atomic E-state index is 9.33. The molecule has 1 fully saturated rings. The van der Waals surface area contributed by atoms with E-state index in [9.17, 15) is 5.11 Å². The van der Waals surface area contributed by atoms with Crippen LogP contribution < -0.4 is 10.6 Å². The minimum atomic E-state index is -0.388. The molecule has 0 amide bonds. The second-order valence-electron chi connectivity index (χ2n) is 4.84. The van der Waals surface area contributed by atoms with E-state index in [1.165, 1.54) is 5.69 Å². The highest BCUT2D eigenvalue weighted by atomic mass is 79.9. The summed E-state index contributed by atoms with van der Waals surface area (Å²) in [6.45, 7) is 2.00. The summed E-state index contributed by atoms with van der Waals surface area (Å²) in [7, 11) is 0. The molecule has 17 heavy (non-hydrogen) atoms. The van der Waals surface area contributed by atoms with Crippen LogP contribution in [0, 0.1) is 0 Å². The van der Waals surface area contributed by atoms with Gasteiger partial charge in [-0.2, -0.15) is 0 Å². The lowest BCUT2D eigenvalue weighted by Crippen LogP contribution is -2.44. The Morgan fingerprint density at radius 3 is 2.88 bits per heavy atom. The van der Waals surface area contributed by atoms with Crippen LogP contribution in [0.15, 0.2) is 28.7 Å². The number of aliphatic hydroxyl groups excluding tert-OH is 1. The maximum atomic E-state index is 9.33. The summed E-state index contributed by atoms with van der Waals surface area (Å²) in [5.74, 6) is 0. The second-order valence-corrected chi connectivity index (χ2v) is 5.76. The van der Waals surface area contributed by atoms with Gasteiger partial charge in [-0.15, -0.1) is 0 Å². The zero-order valence-corrected chi connectivity index (χ0v) is 11.5. The van der Waals surface area contributed by atoms with E-state index in [0.29, 0.717) is 0 Å². The highest BCUT2D eigenvalue weighted by molar-refractivity contribution is 9.10. The van der Waals surface area contributed by atoms with E-state index in [2.05, 4.69) is 33.0 Å². The number of benzene rings is 1. The highest BCUT2D eigenvalue weighted by Gasteiger charge is 2.27. The van der Waals surface area contributed by atoms with E-state index in [0.717, 1.165) is 36.8 Å². The Morgan fingerprint density at radius 2 is 2.18 bits per heavy atom. The number of nitrogens with zero attached hydrogens (tertiary/aromatic N) is 1. The smallest absolute Gasteiger partial charge is 0.0611 e. The fourth-order valence-corrected chi connectivity index (χ4v) is 2.69. The summed E-state index contributed by atoms with van der Waals surface area (Å²) < 4.78 is 1.10. The Balaban J connectivity index is 2.09. The molecule has 94 valence electrons. The molecule has 1 saturated heterocycles. The van der Waals surface area contributed by atoms with Gasteiger partial charge >= 0.3 is 0 Å². The van der Waals surface area contributed by atoms with Crippen molar-refractivity contribution in [2.24, 2.45) is 5.73 Å². The number of nitrogens with two attached hydrogens (primary N) is 1. The molecule has 1 aromatic carbocycles. The molecule has 0 aromatic heterocycles. The molecule has 0 saturated carbocycles. The predicted molar refractivity (Wildman–Crippen MR) is 74.2 cm³/mol. The Kier molecular flexibility index (Phi) is 4.07. The first-order chi connectivity index (χ1) is 8.13. The average Bonchev–Trinajstić information content (AvgIpc) is 2.52. The summed E-state index contributed by atoms with van der Waals surface area (Å²) >= 11 is 3.49. The number of halogens is 1. The van der Waals surface area contributed by atoms with Gasteiger partial charge in [0.15, 0.2) is 0 Å². The van der Waals surface area contributed by atoms with Gasteiger partial charge in [-0.05, 0) is 37.5 Å². The lowest BCUT2D eigenvalue weighted by Gasteiger charge is -2.26. The first kappa shape index (κ1) is 12.9. The molecular formula is C13H19BrN2O. The van der Waals surface area contributed by atoms with Crippen molar-refractivity contribution in [1.82, 2.24) is 0 Å². The Hall–Kier alpha value is -0.580. The van der Waals surface area contributed by atoms with Crippen LogP contribution in [0.4, 0.5) is 5.69 Å². The predicted octanol–water partition coefficient (Wildman–Crippen LogP) is 2.13. The van der Waals surface area contributed by atoms with Crippen LogP contribution in [0.1, 0.15) is 19.3 Å². The van der Waals surface area contributed by atoms with Gasteiger partial charge in [-0.1, -0.05) is 22.0 Å². The van der Waals surface area contributed by atoms with Crippen molar-refractivity contribution in [1.29, 1.82) is 0 Å². The van der Waals surface area contributed by atoms with Crippen molar-refractivity contribution >= 4 is 21.6 Å². The third-order valence-corrected chi connectivity index (χ3v) is 3.96. The average molecular weight is 299 g/mol. The van der Waals surface area contributed by atoms with Crippen LogP contribution in [-0.4, -0.2) is 30.3 Å². The SMILES string of the molecule is NC1(CO)CCCN(c2cccc(Br)c2)CC1. The Labute approximate surface area is 111 Å². The standard InChI is InChI=1S/C13H19BrN2O/c14-11-3-1-4-12(9-11)16-7-2-5-13(15,10-17)6-8-16/h1,3-4,9,17H,2,5-8,10,15H2. The minimum absolute atomic E-state index is 0.0827. The zero-order chi connectivity index (χ0) is 12.3. The highest BCUT2D eigenvalue weighted by Crippen LogP contribution is 2.25. The molecule has 1 heterocycles. The number of aliphatic hydroxyl groups is 1. The molecule has 1 aromatic rings. The van der Waals surface area contributed by atoms with Gasteiger partial charge in [0.05, 0.1) is 6.61 Å². The van der Waals surface area contributed by atoms with E-state index < -0.39 is 0 Å². The Bertz CT molecular complexity index is 385. The molecule has 0 bridgehead atoms. The summed E-state index contributed by atoms with van der Waals surface area (Å²) in [6.07, 6.45) is 2.77. The summed E-state index contributed by atoms with van der Waals surface area (Å²) in [5, 5.41) is 9.33. The van der Waals surface area contributed by atoms with Crippen molar-refractivity contribution in [2.75, 3.05) is 24.6 Å². The third kappa shape index (κ3) is 3.21. The summed E-state index contributed by atoms with van der Waals surface area (Å²) in [5.41, 5.74) is 6.98. The second kappa shape index (κ2) is 5.38. The fourth-order valence-electron chi connectivity index (χ4n) is 2.31. The molecule has 4 heteroatoms. The Morgan fingerprint density at radius 1 is 1.35 bits per heavy atom. The molecule has 1 aliphatic heterocycles. The van der Waals surface area contributed by atoms with E-state index in [-0.39, 0.29) is 12.1 Å². The molecule has 3 N–H and O–H groups in total. The van der Waals surface area contributed by atoms with Gasteiger partial charge in [0.25, 0.3) is 0 Å². The van der Waals surface area contributed by atoms with Gasteiger partial charge in [0.2, 0.25) is 0 Å². The quantitative estimate of drug-likeness (QED) is 0.879. The van der Waals surface area contributed by atoms with Gasteiger partial charge in [0.1, 0.15) is 0 Å². The number of rotatable bonds is 2. The molecule has 0 radical (unpaired) electrons. The van der Waals surface area contributed by atoms with Crippen molar-refractivity contribution in [3.05, 3.63) is 28.7 Å². The molecule has 1 atom stereocenters. The monoisotopic (exact) mass is 298 g/mol. The molecule has 0 aliphatic carbocycles. The van der Waals surface area contributed by atoms with Gasteiger partial charge < -0.3 is 15.7 Å². The molecule has 1 unspecified atom stereocenters. The first-order valence-corrected chi connectivity index (χ1v) is 6.82. The normalized spacial score (nSPS) is 25.7. The van der Waals surface area contributed by atoms with Crippen LogP contribution in [0.25, 0.3) is 0 Å². The van der Waals surface area contributed by atoms with Crippen LogP contribution in [0.5, 0.6) is 0 Å². The molecule has 1 aliphatic rings. The minimum Gasteiger partial charge on any atom is -0.394 e. The third-order valence-electron chi connectivity index (χ3n) is 3.47. The molecule has 2 rings (SSSR count).